The molecule has 2 aliphatic heterocycles. The number of nitrogens with one attached hydrogen (secondary N) is 2. The zero-order valence-electron chi connectivity index (χ0n) is 12.2. The van der Waals surface area contributed by atoms with Crippen molar-refractivity contribution in [3.8, 4) is 0 Å². The van der Waals surface area contributed by atoms with E-state index in [1.165, 1.54) is 0 Å². The highest BCUT2D eigenvalue weighted by molar-refractivity contribution is 5.97. The molecule has 5 heteroatoms. The van der Waals surface area contributed by atoms with Gasteiger partial charge >= 0.3 is 0 Å². The molecule has 0 aromatic heterocycles. The second kappa shape index (κ2) is 7.66. The van der Waals surface area contributed by atoms with E-state index in [2.05, 4.69) is 16.7 Å². The molecule has 1 aromatic carbocycles. The Kier molecular flexibility index (Phi) is 5.88. The summed E-state index contributed by atoms with van der Waals surface area (Å²) >= 11 is 0. The number of hydrogen-bond acceptors (Lipinski definition) is 3. The Hall–Kier alpha value is -1.26. The highest BCUT2D eigenvalue weighted by Crippen LogP contribution is 2.25. The number of carbonyl (C=O) groups excluding carboxylic acids is 1. The first-order valence-corrected chi connectivity index (χ1v) is 7.56. The van der Waals surface area contributed by atoms with Crippen molar-refractivity contribution in [2.24, 2.45) is 5.92 Å². The molecule has 0 saturated carbocycles. The largest absolute Gasteiger partial charge is 0.385 e. The molecule has 1 aromatic rings. The number of halogens is 1. The maximum atomic E-state index is 12.4. The van der Waals surface area contributed by atoms with Crippen LogP contribution in [-0.2, 0) is 11.2 Å². The molecule has 0 spiro atoms. The minimum atomic E-state index is 0. The van der Waals surface area contributed by atoms with Gasteiger partial charge in [-0.1, -0.05) is 6.07 Å². The van der Waals surface area contributed by atoms with Crippen LogP contribution in [0.3, 0.4) is 0 Å². The van der Waals surface area contributed by atoms with Crippen molar-refractivity contribution >= 4 is 24.0 Å². The van der Waals surface area contributed by atoms with Crippen molar-refractivity contribution in [2.45, 2.75) is 25.7 Å². The number of fused-ring (bicyclic) bond motifs is 1. The van der Waals surface area contributed by atoms with Crippen LogP contribution in [0.25, 0.3) is 0 Å². The summed E-state index contributed by atoms with van der Waals surface area (Å²) < 4.78 is 5.45. The smallest absolute Gasteiger partial charge is 0.251 e. The van der Waals surface area contributed by atoms with E-state index in [1.807, 2.05) is 12.1 Å². The molecule has 2 heterocycles. The second-order valence-corrected chi connectivity index (χ2v) is 5.66. The Balaban J connectivity index is 0.00000161. The standard InChI is InChI=1S/C16H22N2O2.ClH/c19-16(18-10-12-4-3-9-20-11-12)14-5-1-7-15-13(14)6-2-8-17-15;/h1,5,7,12,17H,2-4,6,8-11H2,(H,18,19);1H. The van der Waals surface area contributed by atoms with E-state index in [-0.39, 0.29) is 18.3 Å². The molecule has 2 N–H and O–H groups in total. The third-order valence-corrected chi connectivity index (χ3v) is 4.15. The third-order valence-electron chi connectivity index (χ3n) is 4.15. The van der Waals surface area contributed by atoms with E-state index in [0.717, 1.165) is 68.8 Å². The quantitative estimate of drug-likeness (QED) is 0.902. The molecule has 1 atom stereocenters. The van der Waals surface area contributed by atoms with E-state index < -0.39 is 0 Å². The fraction of sp³-hybridized carbons (Fsp3) is 0.562. The van der Waals surface area contributed by atoms with Gasteiger partial charge in [0.05, 0.1) is 6.61 Å². The minimum Gasteiger partial charge on any atom is -0.385 e. The van der Waals surface area contributed by atoms with Crippen LogP contribution in [0.2, 0.25) is 0 Å². The number of benzene rings is 1. The van der Waals surface area contributed by atoms with Gasteiger partial charge in [0.25, 0.3) is 5.91 Å². The molecule has 1 saturated heterocycles. The first-order chi connectivity index (χ1) is 9.84. The highest BCUT2D eigenvalue weighted by atomic mass is 35.5. The molecule has 1 amide bonds. The predicted octanol–water partition coefficient (Wildman–Crippen LogP) is 2.62. The van der Waals surface area contributed by atoms with Crippen molar-refractivity contribution in [2.75, 3.05) is 31.6 Å². The summed E-state index contributed by atoms with van der Waals surface area (Å²) in [6, 6.07) is 5.94. The molecule has 4 nitrogen and oxygen atoms in total. The number of ether oxygens (including phenoxy) is 1. The number of rotatable bonds is 3. The van der Waals surface area contributed by atoms with Crippen LogP contribution < -0.4 is 10.6 Å². The monoisotopic (exact) mass is 310 g/mol. The lowest BCUT2D eigenvalue weighted by molar-refractivity contribution is 0.0536. The van der Waals surface area contributed by atoms with Gasteiger partial charge in [0.1, 0.15) is 0 Å². The molecule has 0 aliphatic carbocycles. The lowest BCUT2D eigenvalue weighted by atomic mass is 9.96. The zero-order chi connectivity index (χ0) is 13.8. The summed E-state index contributed by atoms with van der Waals surface area (Å²) in [5.74, 6) is 0.515. The van der Waals surface area contributed by atoms with Crippen LogP contribution in [0.1, 0.15) is 35.2 Å². The normalized spacial score (nSPS) is 20.7. The molecule has 2 aliphatic rings. The highest BCUT2D eigenvalue weighted by Gasteiger charge is 2.19. The lowest BCUT2D eigenvalue weighted by Gasteiger charge is -2.23. The Labute approximate surface area is 132 Å². The molecule has 116 valence electrons. The maximum Gasteiger partial charge on any atom is 0.251 e. The van der Waals surface area contributed by atoms with E-state index in [0.29, 0.717) is 5.92 Å². The fourth-order valence-electron chi connectivity index (χ4n) is 3.02. The molecular weight excluding hydrogens is 288 g/mol. The van der Waals surface area contributed by atoms with Crippen LogP contribution in [0.5, 0.6) is 0 Å². The molecule has 1 fully saturated rings. The van der Waals surface area contributed by atoms with E-state index >= 15 is 0 Å². The Morgan fingerprint density at radius 3 is 3.10 bits per heavy atom. The average Bonchev–Trinajstić information content (AvgIpc) is 2.53. The molecule has 21 heavy (non-hydrogen) atoms. The second-order valence-electron chi connectivity index (χ2n) is 5.66. The number of anilines is 1. The van der Waals surface area contributed by atoms with E-state index in [9.17, 15) is 4.79 Å². The fourth-order valence-corrected chi connectivity index (χ4v) is 3.02. The van der Waals surface area contributed by atoms with Crippen molar-refractivity contribution in [3.63, 3.8) is 0 Å². The van der Waals surface area contributed by atoms with Gasteiger partial charge in [-0.15, -0.1) is 12.4 Å². The van der Waals surface area contributed by atoms with Crippen LogP contribution in [-0.4, -0.2) is 32.2 Å². The first kappa shape index (κ1) is 16.1. The van der Waals surface area contributed by atoms with Gasteiger partial charge in [-0.25, -0.2) is 0 Å². The molecule has 1 unspecified atom stereocenters. The van der Waals surface area contributed by atoms with E-state index in [1.54, 1.807) is 0 Å². The number of hydrogen-bond donors (Lipinski definition) is 2. The lowest BCUT2D eigenvalue weighted by Crippen LogP contribution is -2.34. The summed E-state index contributed by atoms with van der Waals surface area (Å²) in [5.41, 5.74) is 3.10. The van der Waals surface area contributed by atoms with Gasteiger partial charge in [-0.2, -0.15) is 0 Å². The number of carbonyl (C=O) groups is 1. The van der Waals surface area contributed by atoms with Crippen molar-refractivity contribution < 1.29 is 9.53 Å². The molecular formula is C16H23ClN2O2. The molecule has 0 bridgehead atoms. The summed E-state index contributed by atoms with van der Waals surface area (Å²) in [6.07, 6.45) is 4.33. The van der Waals surface area contributed by atoms with Gasteiger partial charge in [0.15, 0.2) is 0 Å². The summed E-state index contributed by atoms with van der Waals surface area (Å²) in [4.78, 5) is 12.4. The minimum absolute atomic E-state index is 0. The summed E-state index contributed by atoms with van der Waals surface area (Å²) in [7, 11) is 0. The van der Waals surface area contributed by atoms with Crippen LogP contribution in [0.4, 0.5) is 5.69 Å². The Bertz CT molecular complexity index is 487. The van der Waals surface area contributed by atoms with E-state index in [4.69, 9.17) is 4.74 Å². The van der Waals surface area contributed by atoms with Crippen molar-refractivity contribution in [3.05, 3.63) is 29.3 Å². The zero-order valence-corrected chi connectivity index (χ0v) is 13.0. The van der Waals surface area contributed by atoms with Gasteiger partial charge < -0.3 is 15.4 Å². The Morgan fingerprint density at radius 2 is 2.29 bits per heavy atom. The average molecular weight is 311 g/mol. The van der Waals surface area contributed by atoms with Gasteiger partial charge in [0.2, 0.25) is 0 Å². The van der Waals surface area contributed by atoms with Gasteiger partial charge in [-0.3, -0.25) is 4.79 Å². The SMILES string of the molecule is Cl.O=C(NCC1CCCOC1)c1cccc2c1CCCN2. The van der Waals surface area contributed by atoms with Gasteiger partial charge in [0, 0.05) is 30.9 Å². The van der Waals surface area contributed by atoms with Gasteiger partial charge in [-0.05, 0) is 49.3 Å². The summed E-state index contributed by atoms with van der Waals surface area (Å²) in [5, 5.41) is 6.44. The predicted molar refractivity (Wildman–Crippen MR) is 86.4 cm³/mol. The third kappa shape index (κ3) is 3.89. The molecule has 3 rings (SSSR count). The number of amides is 1. The first-order valence-electron chi connectivity index (χ1n) is 7.56. The van der Waals surface area contributed by atoms with Crippen molar-refractivity contribution in [1.29, 1.82) is 0 Å². The van der Waals surface area contributed by atoms with Crippen LogP contribution >= 0.6 is 12.4 Å². The van der Waals surface area contributed by atoms with Crippen LogP contribution in [0.15, 0.2) is 18.2 Å². The Morgan fingerprint density at radius 1 is 1.38 bits per heavy atom. The van der Waals surface area contributed by atoms with Crippen LogP contribution in [0, 0.1) is 5.92 Å². The van der Waals surface area contributed by atoms with Crippen molar-refractivity contribution in [1.82, 2.24) is 5.32 Å². The summed E-state index contributed by atoms with van der Waals surface area (Å²) in [6.45, 7) is 3.35. The molecule has 0 radical (unpaired) electrons. The topological polar surface area (TPSA) is 50.4 Å². The maximum absolute atomic E-state index is 12.4.